The summed E-state index contributed by atoms with van der Waals surface area (Å²) in [5, 5.41) is 12.4. The van der Waals surface area contributed by atoms with Gasteiger partial charge in [-0.2, -0.15) is 5.26 Å². The van der Waals surface area contributed by atoms with Crippen LogP contribution in [-0.2, 0) is 14.3 Å². The van der Waals surface area contributed by atoms with E-state index in [0.29, 0.717) is 34.1 Å². The van der Waals surface area contributed by atoms with Crippen LogP contribution in [0, 0.1) is 18.3 Å². The smallest absolute Gasteiger partial charge is 0.350 e. The van der Waals surface area contributed by atoms with Gasteiger partial charge < -0.3 is 24.3 Å². The van der Waals surface area contributed by atoms with Crippen molar-refractivity contribution in [1.82, 2.24) is 0 Å². The highest BCUT2D eigenvalue weighted by atomic mass is 16.7. The maximum atomic E-state index is 13.2. The van der Waals surface area contributed by atoms with E-state index in [4.69, 9.17) is 18.9 Å². The Hall–Kier alpha value is -4.77. The van der Waals surface area contributed by atoms with Crippen molar-refractivity contribution in [3.63, 3.8) is 0 Å². The number of carbonyl (C=O) groups is 2. The fourth-order valence-corrected chi connectivity index (χ4v) is 3.50. The molecule has 0 fully saturated rings. The number of anilines is 1. The third kappa shape index (κ3) is 5.42. The van der Waals surface area contributed by atoms with Crippen molar-refractivity contribution < 1.29 is 28.5 Å². The number of ether oxygens (including phenoxy) is 4. The molecule has 8 nitrogen and oxygen atoms in total. The van der Waals surface area contributed by atoms with E-state index < -0.39 is 18.0 Å². The highest BCUT2D eigenvalue weighted by molar-refractivity contribution is 6.02. The first-order valence-corrected chi connectivity index (χ1v) is 10.7. The topological polar surface area (TPSA) is 107 Å². The molecule has 1 heterocycles. The van der Waals surface area contributed by atoms with Gasteiger partial charge in [-0.05, 0) is 48.4 Å². The number of rotatable bonds is 7. The molecule has 0 radical (unpaired) electrons. The minimum absolute atomic E-state index is 0.106. The van der Waals surface area contributed by atoms with Gasteiger partial charge in [0.1, 0.15) is 17.4 Å². The molecule has 35 heavy (non-hydrogen) atoms. The maximum Gasteiger partial charge on any atom is 0.350 e. The van der Waals surface area contributed by atoms with Gasteiger partial charge in [0.25, 0.3) is 5.91 Å². The summed E-state index contributed by atoms with van der Waals surface area (Å²) in [7, 11) is 1.50. The van der Waals surface area contributed by atoms with Crippen LogP contribution >= 0.6 is 0 Å². The second-order valence-electron chi connectivity index (χ2n) is 7.67. The first-order chi connectivity index (χ1) is 17.0. The molecule has 0 unspecified atom stereocenters. The summed E-state index contributed by atoms with van der Waals surface area (Å²) in [5.41, 5.74) is 2.07. The minimum atomic E-state index is -1.30. The fraction of sp³-hybridized carbons (Fsp3) is 0.148. The van der Waals surface area contributed by atoms with Crippen LogP contribution in [0.1, 0.15) is 22.8 Å². The van der Waals surface area contributed by atoms with Crippen molar-refractivity contribution in [2.75, 3.05) is 19.2 Å². The number of benzene rings is 3. The summed E-state index contributed by atoms with van der Waals surface area (Å²) < 4.78 is 21.5. The van der Waals surface area contributed by atoms with Crippen molar-refractivity contribution in [3.05, 3.63) is 89.0 Å². The molecule has 176 valence electrons. The Morgan fingerprint density at radius 3 is 2.57 bits per heavy atom. The molecule has 4 rings (SSSR count). The zero-order chi connectivity index (χ0) is 24.8. The predicted molar refractivity (Wildman–Crippen MR) is 128 cm³/mol. The lowest BCUT2D eigenvalue weighted by Crippen LogP contribution is -2.26. The maximum absolute atomic E-state index is 13.2. The Bertz CT molecular complexity index is 1330. The standard InChI is InChI=1S/C27H22N2O6/c1-17-8-10-22(32-2)21(12-17)29-26(30)25(19-6-4-3-5-7-19)35-27(31)20(15-28)13-18-9-11-23-24(14-18)34-16-33-23/h3-14,25H,16H2,1-2H3,(H,29,30)/b20-13+/t25-/m1/s1. The Morgan fingerprint density at radius 2 is 1.83 bits per heavy atom. The number of nitrogens with one attached hydrogen (secondary N) is 1. The summed E-state index contributed by atoms with van der Waals surface area (Å²) in [6.45, 7) is 1.99. The third-order valence-corrected chi connectivity index (χ3v) is 5.23. The number of fused-ring (bicyclic) bond motifs is 1. The van der Waals surface area contributed by atoms with Crippen molar-refractivity contribution in [2.24, 2.45) is 0 Å². The number of hydrogen-bond donors (Lipinski definition) is 1. The zero-order valence-corrected chi connectivity index (χ0v) is 19.1. The van der Waals surface area contributed by atoms with Crippen LogP contribution in [0.3, 0.4) is 0 Å². The summed E-state index contributed by atoms with van der Waals surface area (Å²) >= 11 is 0. The van der Waals surface area contributed by atoms with Gasteiger partial charge in [0.15, 0.2) is 11.5 Å². The SMILES string of the molecule is COc1ccc(C)cc1NC(=O)[C@H](OC(=O)/C(C#N)=C/c1ccc2c(c1)OCO2)c1ccccc1. The molecule has 1 aliphatic heterocycles. The van der Waals surface area contributed by atoms with Gasteiger partial charge in [0, 0.05) is 5.56 Å². The summed E-state index contributed by atoms with van der Waals surface area (Å²) in [6.07, 6.45) is 0.0656. The van der Waals surface area contributed by atoms with E-state index >= 15 is 0 Å². The lowest BCUT2D eigenvalue weighted by atomic mass is 10.1. The van der Waals surface area contributed by atoms with E-state index in [1.807, 2.05) is 19.1 Å². The Balaban J connectivity index is 1.60. The Labute approximate surface area is 202 Å². The molecule has 0 aromatic heterocycles. The number of amides is 1. The fourth-order valence-electron chi connectivity index (χ4n) is 3.50. The molecule has 0 saturated carbocycles. The molecule has 0 bridgehead atoms. The normalized spacial score (nSPS) is 12.9. The molecule has 8 heteroatoms. The molecule has 3 aromatic carbocycles. The molecular formula is C27H22N2O6. The molecule has 0 aliphatic carbocycles. The molecule has 0 spiro atoms. The number of nitrogens with zero attached hydrogens (tertiary/aromatic N) is 1. The van der Waals surface area contributed by atoms with E-state index in [1.54, 1.807) is 60.7 Å². The van der Waals surface area contributed by atoms with E-state index in [0.717, 1.165) is 5.56 Å². The second-order valence-corrected chi connectivity index (χ2v) is 7.67. The molecule has 0 saturated heterocycles. The van der Waals surface area contributed by atoms with Gasteiger partial charge in [0.05, 0.1) is 12.8 Å². The van der Waals surface area contributed by atoms with Crippen LogP contribution in [0.25, 0.3) is 6.08 Å². The first-order valence-electron chi connectivity index (χ1n) is 10.7. The highest BCUT2D eigenvalue weighted by Gasteiger charge is 2.27. The van der Waals surface area contributed by atoms with Gasteiger partial charge in [0.2, 0.25) is 12.9 Å². The largest absolute Gasteiger partial charge is 0.495 e. The van der Waals surface area contributed by atoms with Crippen LogP contribution < -0.4 is 19.5 Å². The summed E-state index contributed by atoms with van der Waals surface area (Å²) in [6, 6.07) is 20.8. The summed E-state index contributed by atoms with van der Waals surface area (Å²) in [5.74, 6) is 0.0235. The number of nitriles is 1. The number of hydrogen-bond acceptors (Lipinski definition) is 7. The van der Waals surface area contributed by atoms with Crippen molar-refractivity contribution in [2.45, 2.75) is 13.0 Å². The number of methoxy groups -OCH3 is 1. The van der Waals surface area contributed by atoms with Crippen LogP contribution in [0.2, 0.25) is 0 Å². The van der Waals surface area contributed by atoms with Gasteiger partial charge in [-0.25, -0.2) is 4.79 Å². The lowest BCUT2D eigenvalue weighted by molar-refractivity contribution is -0.150. The molecule has 1 atom stereocenters. The molecular weight excluding hydrogens is 448 g/mol. The second kappa shape index (κ2) is 10.4. The van der Waals surface area contributed by atoms with Crippen LogP contribution in [0.5, 0.6) is 17.2 Å². The van der Waals surface area contributed by atoms with Gasteiger partial charge >= 0.3 is 5.97 Å². The molecule has 1 amide bonds. The Kier molecular flexibility index (Phi) is 6.98. The van der Waals surface area contributed by atoms with Crippen molar-refractivity contribution in [1.29, 1.82) is 5.26 Å². The van der Waals surface area contributed by atoms with Crippen LogP contribution in [0.4, 0.5) is 5.69 Å². The Morgan fingerprint density at radius 1 is 1.06 bits per heavy atom. The molecule has 1 aliphatic rings. The number of esters is 1. The van der Waals surface area contributed by atoms with Gasteiger partial charge in [-0.1, -0.05) is 42.5 Å². The number of aryl methyl sites for hydroxylation is 1. The monoisotopic (exact) mass is 470 g/mol. The minimum Gasteiger partial charge on any atom is -0.495 e. The van der Waals surface area contributed by atoms with E-state index in [-0.39, 0.29) is 12.4 Å². The quantitative estimate of drug-likeness (QED) is 0.306. The first kappa shape index (κ1) is 23.4. The van der Waals surface area contributed by atoms with Gasteiger partial charge in [-0.15, -0.1) is 0 Å². The number of carbonyl (C=O) groups excluding carboxylic acids is 2. The van der Waals surface area contributed by atoms with E-state index in [9.17, 15) is 14.9 Å². The third-order valence-electron chi connectivity index (χ3n) is 5.23. The van der Waals surface area contributed by atoms with E-state index in [1.165, 1.54) is 13.2 Å². The van der Waals surface area contributed by atoms with Crippen LogP contribution in [0.15, 0.2) is 72.3 Å². The summed E-state index contributed by atoms with van der Waals surface area (Å²) in [4.78, 5) is 26.2. The molecule has 1 N–H and O–H groups in total. The molecule has 3 aromatic rings. The highest BCUT2D eigenvalue weighted by Crippen LogP contribution is 2.33. The average molecular weight is 470 g/mol. The average Bonchev–Trinajstić information content (AvgIpc) is 3.34. The van der Waals surface area contributed by atoms with Gasteiger partial charge in [-0.3, -0.25) is 4.79 Å². The van der Waals surface area contributed by atoms with Crippen molar-refractivity contribution >= 4 is 23.6 Å². The van der Waals surface area contributed by atoms with E-state index in [2.05, 4.69) is 5.32 Å². The predicted octanol–water partition coefficient (Wildman–Crippen LogP) is 4.56. The lowest BCUT2D eigenvalue weighted by Gasteiger charge is -2.19. The van der Waals surface area contributed by atoms with Crippen LogP contribution in [-0.4, -0.2) is 25.8 Å². The van der Waals surface area contributed by atoms with Crippen molar-refractivity contribution in [3.8, 4) is 23.3 Å². The zero-order valence-electron chi connectivity index (χ0n) is 19.1.